The van der Waals surface area contributed by atoms with Gasteiger partial charge in [0.05, 0.1) is 18.9 Å². The molecule has 124 valence electrons. The molecule has 1 aliphatic heterocycles. The molecule has 0 bridgehead atoms. The monoisotopic (exact) mass is 317 g/mol. The molecular weight excluding hydrogens is 294 g/mol. The Labute approximate surface area is 135 Å². The van der Waals surface area contributed by atoms with E-state index in [0.29, 0.717) is 32.6 Å². The fraction of sp³-hybridized carbons (Fsp3) is 0.562. The summed E-state index contributed by atoms with van der Waals surface area (Å²) in [5, 5.41) is 7.15. The summed E-state index contributed by atoms with van der Waals surface area (Å²) < 4.78 is 5.55. The fourth-order valence-electron chi connectivity index (χ4n) is 3.05. The molecule has 23 heavy (non-hydrogen) atoms. The van der Waals surface area contributed by atoms with Crippen LogP contribution in [0.15, 0.2) is 6.20 Å². The van der Waals surface area contributed by atoms with Crippen molar-refractivity contribution in [3.05, 3.63) is 34.7 Å². The van der Waals surface area contributed by atoms with E-state index in [1.807, 2.05) is 25.7 Å². The predicted octanol–water partition coefficient (Wildman–Crippen LogP) is 1.59. The first-order valence-corrected chi connectivity index (χ1v) is 7.95. The molecule has 2 aromatic heterocycles. The van der Waals surface area contributed by atoms with Crippen molar-refractivity contribution in [3.63, 3.8) is 0 Å². The molecule has 3 heterocycles. The number of ether oxygens (including phenoxy) is 1. The average Bonchev–Trinajstić information content (AvgIpc) is 3.11. The summed E-state index contributed by atoms with van der Waals surface area (Å²) in [6.45, 7) is 7.58. The van der Waals surface area contributed by atoms with Crippen molar-refractivity contribution in [2.45, 2.75) is 39.7 Å². The van der Waals surface area contributed by atoms with Crippen LogP contribution < -0.4 is 0 Å². The lowest BCUT2D eigenvalue weighted by Gasteiger charge is -2.34. The molecule has 0 aromatic carbocycles. The number of nitrogens with zero attached hydrogens (tertiary/aromatic N) is 3. The van der Waals surface area contributed by atoms with Gasteiger partial charge in [0, 0.05) is 30.6 Å². The highest BCUT2D eigenvalue weighted by atomic mass is 16.5. The molecule has 1 saturated heterocycles. The lowest BCUT2D eigenvalue weighted by molar-refractivity contribution is -0.140. The summed E-state index contributed by atoms with van der Waals surface area (Å²) in [6.07, 6.45) is 2.95. The number of carbonyl (C=O) groups excluding carboxylic acids is 1. The van der Waals surface area contributed by atoms with Crippen LogP contribution in [0, 0.1) is 20.8 Å². The Morgan fingerprint density at radius 1 is 1.43 bits per heavy atom. The summed E-state index contributed by atoms with van der Waals surface area (Å²) in [5.41, 5.74) is 4.13. The number of nitrogens with one attached hydrogen (secondary N) is 2. The van der Waals surface area contributed by atoms with E-state index in [2.05, 4.69) is 20.2 Å². The van der Waals surface area contributed by atoms with E-state index in [4.69, 9.17) is 4.74 Å². The lowest BCUT2D eigenvalue weighted by Crippen LogP contribution is -2.44. The van der Waals surface area contributed by atoms with Crippen LogP contribution in [0.4, 0.5) is 0 Å². The zero-order valence-electron chi connectivity index (χ0n) is 13.8. The molecule has 1 atom stereocenters. The molecule has 2 aromatic rings. The second kappa shape index (κ2) is 6.54. The Bertz CT molecular complexity index is 671. The quantitative estimate of drug-likeness (QED) is 0.896. The maximum Gasteiger partial charge on any atom is 0.223 e. The van der Waals surface area contributed by atoms with Gasteiger partial charge < -0.3 is 14.6 Å². The number of hydrogen-bond acceptors (Lipinski definition) is 4. The number of carbonyl (C=O) groups is 1. The third kappa shape index (κ3) is 3.29. The number of aromatic nitrogens is 4. The molecule has 1 aliphatic rings. The fourth-order valence-corrected chi connectivity index (χ4v) is 3.05. The van der Waals surface area contributed by atoms with Crippen LogP contribution in [-0.4, -0.2) is 50.7 Å². The minimum Gasteiger partial charge on any atom is -0.377 e. The number of amides is 1. The number of hydrogen-bond donors (Lipinski definition) is 2. The Hall–Kier alpha value is -2.15. The second-order valence-corrected chi connectivity index (χ2v) is 6.04. The van der Waals surface area contributed by atoms with Gasteiger partial charge >= 0.3 is 0 Å². The first-order valence-electron chi connectivity index (χ1n) is 7.95. The van der Waals surface area contributed by atoms with Crippen molar-refractivity contribution in [2.24, 2.45) is 0 Å². The van der Waals surface area contributed by atoms with Gasteiger partial charge in [0.25, 0.3) is 0 Å². The number of aryl methyl sites for hydroxylation is 3. The first kappa shape index (κ1) is 15.7. The molecule has 2 N–H and O–H groups in total. The maximum absolute atomic E-state index is 12.7. The summed E-state index contributed by atoms with van der Waals surface area (Å²) >= 11 is 0. The Kier molecular flexibility index (Phi) is 4.47. The third-order valence-corrected chi connectivity index (χ3v) is 4.36. The average molecular weight is 317 g/mol. The second-order valence-electron chi connectivity index (χ2n) is 6.04. The van der Waals surface area contributed by atoms with E-state index in [0.717, 1.165) is 28.5 Å². The maximum atomic E-state index is 12.7. The van der Waals surface area contributed by atoms with Crippen LogP contribution in [-0.2, 0) is 16.0 Å². The van der Waals surface area contributed by atoms with E-state index in [-0.39, 0.29) is 11.9 Å². The summed E-state index contributed by atoms with van der Waals surface area (Å²) in [4.78, 5) is 22.2. The summed E-state index contributed by atoms with van der Waals surface area (Å²) in [5.74, 6) is 0.929. The topological polar surface area (TPSA) is 86.9 Å². The molecule has 0 aliphatic carbocycles. The van der Waals surface area contributed by atoms with Gasteiger partial charge in [-0.05, 0) is 32.8 Å². The largest absolute Gasteiger partial charge is 0.377 e. The normalized spacial score (nSPS) is 18.4. The molecule has 3 rings (SSSR count). The van der Waals surface area contributed by atoms with Gasteiger partial charge in [-0.3, -0.25) is 9.89 Å². The van der Waals surface area contributed by atoms with Crippen LogP contribution >= 0.6 is 0 Å². The molecule has 1 fully saturated rings. The summed E-state index contributed by atoms with van der Waals surface area (Å²) in [6, 6.07) is -0.128. The number of rotatable bonds is 4. The highest BCUT2D eigenvalue weighted by Crippen LogP contribution is 2.23. The van der Waals surface area contributed by atoms with Crippen molar-refractivity contribution in [1.29, 1.82) is 0 Å². The number of imidazole rings is 1. The first-order chi connectivity index (χ1) is 11.1. The van der Waals surface area contributed by atoms with Crippen molar-refractivity contribution in [2.75, 3.05) is 19.8 Å². The number of H-pyrrole nitrogens is 2. The van der Waals surface area contributed by atoms with E-state index in [1.165, 1.54) is 0 Å². The van der Waals surface area contributed by atoms with Gasteiger partial charge in [0.2, 0.25) is 5.91 Å². The Balaban J connectivity index is 1.69. The van der Waals surface area contributed by atoms with Gasteiger partial charge in [-0.1, -0.05) is 0 Å². The van der Waals surface area contributed by atoms with E-state index in [9.17, 15) is 4.79 Å². The molecule has 0 radical (unpaired) electrons. The lowest BCUT2D eigenvalue weighted by atomic mass is 10.1. The van der Waals surface area contributed by atoms with Gasteiger partial charge in [-0.25, -0.2) is 4.98 Å². The molecule has 7 nitrogen and oxygen atoms in total. The van der Waals surface area contributed by atoms with Crippen molar-refractivity contribution in [1.82, 2.24) is 25.1 Å². The molecular formula is C16H23N5O2. The molecule has 0 spiro atoms. The van der Waals surface area contributed by atoms with Gasteiger partial charge in [-0.15, -0.1) is 0 Å². The molecule has 0 saturated carbocycles. The molecule has 7 heteroatoms. The third-order valence-electron chi connectivity index (χ3n) is 4.36. The minimum atomic E-state index is -0.128. The van der Waals surface area contributed by atoms with Crippen molar-refractivity contribution < 1.29 is 9.53 Å². The van der Waals surface area contributed by atoms with Crippen molar-refractivity contribution in [3.8, 4) is 0 Å². The molecule has 0 unspecified atom stereocenters. The van der Waals surface area contributed by atoms with E-state index >= 15 is 0 Å². The molecule has 1 amide bonds. The van der Waals surface area contributed by atoms with Crippen LogP contribution in [0.2, 0.25) is 0 Å². The SMILES string of the molecule is Cc1cnc([C@H]2COCCN2C(=O)CCc2c(C)n[nH]c2C)[nH]1. The predicted molar refractivity (Wildman–Crippen MR) is 85.0 cm³/mol. The van der Waals surface area contributed by atoms with Crippen LogP contribution in [0.1, 0.15) is 40.9 Å². The van der Waals surface area contributed by atoms with Crippen molar-refractivity contribution >= 4 is 5.91 Å². The van der Waals surface area contributed by atoms with Gasteiger partial charge in [-0.2, -0.15) is 5.10 Å². The minimum absolute atomic E-state index is 0.128. The Morgan fingerprint density at radius 3 is 2.91 bits per heavy atom. The van der Waals surface area contributed by atoms with E-state index < -0.39 is 0 Å². The zero-order valence-corrected chi connectivity index (χ0v) is 13.8. The van der Waals surface area contributed by atoms with E-state index in [1.54, 1.807) is 6.20 Å². The zero-order chi connectivity index (χ0) is 16.4. The van der Waals surface area contributed by atoms with Gasteiger partial charge in [0.15, 0.2) is 0 Å². The smallest absolute Gasteiger partial charge is 0.223 e. The standard InChI is InChI=1S/C16H23N5O2/c1-10-8-17-16(18-10)14-9-23-7-6-21(14)15(22)5-4-13-11(2)19-20-12(13)3/h8,14H,4-7,9H2,1-3H3,(H,17,18)(H,19,20)/t14-/m1/s1. The number of morpholine rings is 1. The van der Waals surface area contributed by atoms with Gasteiger partial charge in [0.1, 0.15) is 11.9 Å². The van der Waals surface area contributed by atoms with Crippen LogP contribution in [0.3, 0.4) is 0 Å². The number of aromatic amines is 2. The summed E-state index contributed by atoms with van der Waals surface area (Å²) in [7, 11) is 0. The van der Waals surface area contributed by atoms with Crippen LogP contribution in [0.25, 0.3) is 0 Å². The highest BCUT2D eigenvalue weighted by Gasteiger charge is 2.30. The Morgan fingerprint density at radius 2 is 2.26 bits per heavy atom. The van der Waals surface area contributed by atoms with Crippen LogP contribution in [0.5, 0.6) is 0 Å². The highest BCUT2D eigenvalue weighted by molar-refractivity contribution is 5.77.